The molecule has 9 nitrogen and oxygen atoms in total. The molecule has 0 atom stereocenters. The van der Waals surface area contributed by atoms with Gasteiger partial charge in [-0.1, -0.05) is 0 Å². The molecule has 9 heteroatoms. The monoisotopic (exact) mass is 359 g/mol. The summed E-state index contributed by atoms with van der Waals surface area (Å²) < 4.78 is 16.5. The second-order valence-corrected chi connectivity index (χ2v) is 5.49. The van der Waals surface area contributed by atoms with Gasteiger partial charge < -0.3 is 19.5 Å². The number of nitrogens with zero attached hydrogens (tertiary/aromatic N) is 2. The lowest BCUT2D eigenvalue weighted by molar-refractivity contribution is 0.0587. The SMILES string of the molecule is COC(=O)c1ccc(C(=O)OC)c(NC(=O)c2cnn3c2OCCC3)c1. The molecule has 1 aromatic carbocycles. The van der Waals surface area contributed by atoms with Crippen LogP contribution in [-0.4, -0.2) is 48.5 Å². The van der Waals surface area contributed by atoms with Crippen LogP contribution in [0.25, 0.3) is 0 Å². The number of aromatic nitrogens is 2. The van der Waals surface area contributed by atoms with Crippen LogP contribution >= 0.6 is 0 Å². The van der Waals surface area contributed by atoms with Crippen molar-refractivity contribution in [1.29, 1.82) is 0 Å². The van der Waals surface area contributed by atoms with Crippen molar-refractivity contribution in [1.82, 2.24) is 9.78 Å². The molecule has 0 radical (unpaired) electrons. The van der Waals surface area contributed by atoms with Gasteiger partial charge in [0.25, 0.3) is 5.91 Å². The molecular formula is C17H17N3O6. The Labute approximate surface area is 148 Å². The minimum absolute atomic E-state index is 0.107. The van der Waals surface area contributed by atoms with Gasteiger partial charge in [0.1, 0.15) is 5.56 Å². The van der Waals surface area contributed by atoms with Gasteiger partial charge in [-0.05, 0) is 18.2 Å². The van der Waals surface area contributed by atoms with E-state index in [0.29, 0.717) is 19.0 Å². The molecule has 0 saturated carbocycles. The molecular weight excluding hydrogens is 342 g/mol. The minimum atomic E-state index is -0.648. The molecule has 0 fully saturated rings. The molecule has 1 N–H and O–H groups in total. The van der Waals surface area contributed by atoms with Crippen LogP contribution in [0.1, 0.15) is 37.5 Å². The zero-order valence-electron chi connectivity index (χ0n) is 14.3. The number of carbonyl (C=O) groups excluding carboxylic acids is 3. The number of nitrogens with one attached hydrogen (secondary N) is 1. The Morgan fingerprint density at radius 2 is 1.92 bits per heavy atom. The molecule has 0 unspecified atom stereocenters. The Morgan fingerprint density at radius 1 is 1.15 bits per heavy atom. The van der Waals surface area contributed by atoms with Gasteiger partial charge in [0.05, 0.1) is 43.8 Å². The molecule has 136 valence electrons. The largest absolute Gasteiger partial charge is 0.477 e. The molecule has 1 amide bonds. The summed E-state index contributed by atoms with van der Waals surface area (Å²) in [6, 6.07) is 4.16. The fourth-order valence-corrected chi connectivity index (χ4v) is 2.59. The number of rotatable bonds is 4. The second kappa shape index (κ2) is 7.26. The summed E-state index contributed by atoms with van der Waals surface area (Å²) in [4.78, 5) is 36.3. The fourth-order valence-electron chi connectivity index (χ4n) is 2.59. The summed E-state index contributed by atoms with van der Waals surface area (Å²) in [5.74, 6) is -1.38. The first-order valence-electron chi connectivity index (χ1n) is 7.85. The lowest BCUT2D eigenvalue weighted by atomic mass is 10.1. The molecule has 0 aliphatic carbocycles. The van der Waals surface area contributed by atoms with Crippen molar-refractivity contribution in [2.24, 2.45) is 0 Å². The summed E-state index contributed by atoms with van der Waals surface area (Å²) in [5.41, 5.74) is 0.656. The summed E-state index contributed by atoms with van der Waals surface area (Å²) >= 11 is 0. The van der Waals surface area contributed by atoms with E-state index in [4.69, 9.17) is 9.47 Å². The normalized spacial score (nSPS) is 12.5. The number of benzene rings is 1. The zero-order valence-corrected chi connectivity index (χ0v) is 14.3. The van der Waals surface area contributed by atoms with Crippen LogP contribution in [0, 0.1) is 0 Å². The topological polar surface area (TPSA) is 109 Å². The highest BCUT2D eigenvalue weighted by Gasteiger charge is 2.24. The summed E-state index contributed by atoms with van der Waals surface area (Å²) in [6.07, 6.45) is 2.21. The number of amides is 1. The quantitative estimate of drug-likeness (QED) is 0.824. The van der Waals surface area contributed by atoms with Crippen molar-refractivity contribution in [3.8, 4) is 5.88 Å². The lowest BCUT2D eigenvalue weighted by Gasteiger charge is -2.16. The maximum Gasteiger partial charge on any atom is 0.339 e. The number of fused-ring (bicyclic) bond motifs is 1. The third-order valence-corrected chi connectivity index (χ3v) is 3.88. The van der Waals surface area contributed by atoms with Crippen molar-refractivity contribution in [2.45, 2.75) is 13.0 Å². The van der Waals surface area contributed by atoms with Crippen molar-refractivity contribution in [3.63, 3.8) is 0 Å². The van der Waals surface area contributed by atoms with E-state index in [1.54, 1.807) is 4.68 Å². The van der Waals surface area contributed by atoms with Gasteiger partial charge in [0, 0.05) is 13.0 Å². The van der Waals surface area contributed by atoms with Gasteiger partial charge in [0.2, 0.25) is 5.88 Å². The van der Waals surface area contributed by atoms with Gasteiger partial charge in [0.15, 0.2) is 0 Å². The molecule has 1 aromatic heterocycles. The van der Waals surface area contributed by atoms with Crippen LogP contribution < -0.4 is 10.1 Å². The number of carbonyl (C=O) groups is 3. The highest BCUT2D eigenvalue weighted by atomic mass is 16.5. The number of aryl methyl sites for hydroxylation is 1. The van der Waals surface area contributed by atoms with E-state index in [0.717, 1.165) is 6.42 Å². The molecule has 2 heterocycles. The Kier molecular flexibility index (Phi) is 4.87. The third kappa shape index (κ3) is 3.23. The predicted octanol–water partition coefficient (Wildman–Crippen LogP) is 1.49. The Morgan fingerprint density at radius 3 is 2.65 bits per heavy atom. The maximum atomic E-state index is 12.6. The molecule has 26 heavy (non-hydrogen) atoms. The van der Waals surface area contributed by atoms with Crippen LogP contribution in [0.5, 0.6) is 5.88 Å². The van der Waals surface area contributed by atoms with Crippen molar-refractivity contribution in [2.75, 3.05) is 26.1 Å². The average molecular weight is 359 g/mol. The second-order valence-electron chi connectivity index (χ2n) is 5.49. The van der Waals surface area contributed by atoms with E-state index in [1.807, 2.05) is 0 Å². The van der Waals surface area contributed by atoms with Crippen LogP contribution in [0.2, 0.25) is 0 Å². The summed E-state index contributed by atoms with van der Waals surface area (Å²) in [6.45, 7) is 1.16. The van der Waals surface area contributed by atoms with Crippen LogP contribution in [0.4, 0.5) is 5.69 Å². The first-order valence-corrected chi connectivity index (χ1v) is 7.85. The van der Waals surface area contributed by atoms with Crippen molar-refractivity contribution in [3.05, 3.63) is 41.1 Å². The maximum absolute atomic E-state index is 12.6. The lowest BCUT2D eigenvalue weighted by Crippen LogP contribution is -2.19. The minimum Gasteiger partial charge on any atom is -0.477 e. The van der Waals surface area contributed by atoms with Gasteiger partial charge in [-0.3, -0.25) is 4.79 Å². The molecule has 1 aliphatic heterocycles. The van der Waals surface area contributed by atoms with E-state index >= 15 is 0 Å². The van der Waals surface area contributed by atoms with Crippen LogP contribution in [0.3, 0.4) is 0 Å². The summed E-state index contributed by atoms with van der Waals surface area (Å²) in [5, 5.41) is 6.73. The molecule has 3 rings (SSSR count). The van der Waals surface area contributed by atoms with Crippen molar-refractivity contribution >= 4 is 23.5 Å². The van der Waals surface area contributed by atoms with Gasteiger partial charge in [-0.25, -0.2) is 14.3 Å². The van der Waals surface area contributed by atoms with Crippen LogP contribution in [-0.2, 0) is 16.0 Å². The van der Waals surface area contributed by atoms with E-state index < -0.39 is 17.8 Å². The Balaban J connectivity index is 1.94. The van der Waals surface area contributed by atoms with Crippen LogP contribution in [0.15, 0.2) is 24.4 Å². The Hall–Kier alpha value is -3.36. The number of hydrogen-bond donors (Lipinski definition) is 1. The predicted molar refractivity (Wildman–Crippen MR) is 89.4 cm³/mol. The Bertz CT molecular complexity index is 873. The first kappa shape index (κ1) is 17.5. The van der Waals surface area contributed by atoms with E-state index in [2.05, 4.69) is 15.2 Å². The molecule has 0 spiro atoms. The van der Waals surface area contributed by atoms with E-state index in [-0.39, 0.29) is 22.4 Å². The number of hydrogen-bond acceptors (Lipinski definition) is 7. The van der Waals surface area contributed by atoms with Gasteiger partial charge in [-0.2, -0.15) is 5.10 Å². The molecule has 0 bridgehead atoms. The number of esters is 2. The van der Waals surface area contributed by atoms with E-state index in [9.17, 15) is 14.4 Å². The highest BCUT2D eigenvalue weighted by Crippen LogP contribution is 2.25. The standard InChI is InChI=1S/C17H17N3O6/c1-24-16(22)10-4-5-11(17(23)25-2)13(8-10)19-14(21)12-9-18-20-6-3-7-26-15(12)20/h4-5,8-9H,3,6-7H2,1-2H3,(H,19,21). The zero-order chi connectivity index (χ0) is 18.7. The van der Waals surface area contributed by atoms with Gasteiger partial charge >= 0.3 is 11.9 Å². The fraction of sp³-hybridized carbons (Fsp3) is 0.294. The number of methoxy groups -OCH3 is 2. The summed E-state index contributed by atoms with van der Waals surface area (Å²) in [7, 11) is 2.47. The number of anilines is 1. The third-order valence-electron chi connectivity index (χ3n) is 3.88. The first-order chi connectivity index (χ1) is 12.5. The average Bonchev–Trinajstić information content (AvgIpc) is 3.11. The smallest absolute Gasteiger partial charge is 0.339 e. The molecule has 1 aliphatic rings. The van der Waals surface area contributed by atoms with Crippen molar-refractivity contribution < 1.29 is 28.6 Å². The number of ether oxygens (including phenoxy) is 3. The molecule has 0 saturated heterocycles. The highest BCUT2D eigenvalue weighted by molar-refractivity contribution is 6.09. The van der Waals surface area contributed by atoms with E-state index in [1.165, 1.54) is 38.6 Å². The van der Waals surface area contributed by atoms with Gasteiger partial charge in [-0.15, -0.1) is 0 Å². The molecule has 2 aromatic rings.